The van der Waals surface area contributed by atoms with Crippen LogP contribution in [0.15, 0.2) is 0 Å². The number of hydrogen-bond acceptors (Lipinski definition) is 4. The highest BCUT2D eigenvalue weighted by atomic mass is 32.1. The van der Waals surface area contributed by atoms with Crippen molar-refractivity contribution in [2.45, 2.75) is 26.2 Å². The maximum atomic E-state index is 11.1. The standard InChI is InChI=1S/C7H14N2O2S2/c1-2-3-4-5-9(13)7(11)6(10)8-12/h12-13H,2-5H2,1H3,(H,8,10). The molecule has 0 aliphatic heterocycles. The summed E-state index contributed by atoms with van der Waals surface area (Å²) in [6.45, 7) is 2.54. The number of carbonyl (C=O) groups excluding carboxylic acids is 2. The van der Waals surface area contributed by atoms with Gasteiger partial charge in [-0.15, -0.1) is 0 Å². The van der Waals surface area contributed by atoms with E-state index >= 15 is 0 Å². The Hall–Kier alpha value is -0.360. The van der Waals surface area contributed by atoms with E-state index in [2.05, 4.69) is 32.6 Å². The molecule has 0 saturated carbocycles. The van der Waals surface area contributed by atoms with Gasteiger partial charge in [-0.05, 0) is 6.42 Å². The van der Waals surface area contributed by atoms with Crippen LogP contribution >= 0.6 is 25.6 Å². The van der Waals surface area contributed by atoms with Gasteiger partial charge in [0.1, 0.15) is 0 Å². The molecule has 0 heterocycles. The third-order valence-electron chi connectivity index (χ3n) is 1.50. The van der Waals surface area contributed by atoms with Crippen molar-refractivity contribution in [3.8, 4) is 0 Å². The van der Waals surface area contributed by atoms with Crippen LogP contribution in [-0.4, -0.2) is 22.7 Å². The molecule has 0 unspecified atom stereocenters. The smallest absolute Gasteiger partial charge is 0.294 e. The summed E-state index contributed by atoms with van der Waals surface area (Å²) in [4.78, 5) is 21.8. The van der Waals surface area contributed by atoms with Crippen molar-refractivity contribution < 1.29 is 9.59 Å². The molecule has 0 rings (SSSR count). The normalized spacial score (nSPS) is 9.46. The van der Waals surface area contributed by atoms with E-state index in [1.54, 1.807) is 0 Å². The second kappa shape index (κ2) is 7.08. The lowest BCUT2D eigenvalue weighted by Crippen LogP contribution is -2.35. The van der Waals surface area contributed by atoms with Gasteiger partial charge in [-0.3, -0.25) is 18.6 Å². The first-order valence-electron chi connectivity index (χ1n) is 4.08. The predicted molar refractivity (Wildman–Crippen MR) is 57.4 cm³/mol. The highest BCUT2D eigenvalue weighted by Crippen LogP contribution is 2.01. The summed E-state index contributed by atoms with van der Waals surface area (Å²) in [5.41, 5.74) is 0. The van der Waals surface area contributed by atoms with Crippen molar-refractivity contribution in [2.75, 3.05) is 6.54 Å². The molecule has 0 spiro atoms. The molecular weight excluding hydrogens is 208 g/mol. The first-order chi connectivity index (χ1) is 6.13. The van der Waals surface area contributed by atoms with Crippen molar-refractivity contribution in [3.05, 3.63) is 0 Å². The summed E-state index contributed by atoms with van der Waals surface area (Å²) in [6.07, 6.45) is 2.94. The van der Waals surface area contributed by atoms with Crippen LogP contribution in [0.25, 0.3) is 0 Å². The SMILES string of the molecule is CCCCCN(S)C(=O)C(=O)NS. The molecule has 0 aliphatic carbocycles. The molecule has 0 aromatic rings. The lowest BCUT2D eigenvalue weighted by atomic mass is 10.2. The zero-order valence-electron chi connectivity index (χ0n) is 7.49. The van der Waals surface area contributed by atoms with Crippen molar-refractivity contribution in [1.29, 1.82) is 0 Å². The maximum absolute atomic E-state index is 11.1. The van der Waals surface area contributed by atoms with Gasteiger partial charge in [-0.25, -0.2) is 0 Å². The Bertz CT molecular complexity index is 187. The summed E-state index contributed by atoms with van der Waals surface area (Å²) in [6, 6.07) is 0. The number of unbranched alkanes of at least 4 members (excludes halogenated alkanes) is 2. The lowest BCUT2D eigenvalue weighted by Gasteiger charge is -2.13. The minimum absolute atomic E-state index is 0.483. The fourth-order valence-corrected chi connectivity index (χ4v) is 1.11. The van der Waals surface area contributed by atoms with Gasteiger partial charge in [0.2, 0.25) is 0 Å². The molecule has 0 bridgehead atoms. The van der Waals surface area contributed by atoms with Gasteiger partial charge in [-0.2, -0.15) is 0 Å². The molecule has 2 amide bonds. The molecule has 13 heavy (non-hydrogen) atoms. The molecule has 1 N–H and O–H groups in total. The molecular formula is C7H14N2O2S2. The largest absolute Gasteiger partial charge is 0.322 e. The number of amides is 2. The second-order valence-electron chi connectivity index (χ2n) is 2.58. The number of nitrogens with one attached hydrogen (secondary N) is 1. The fraction of sp³-hybridized carbons (Fsp3) is 0.714. The molecule has 76 valence electrons. The summed E-state index contributed by atoms with van der Waals surface area (Å²) in [5.74, 6) is -1.43. The Kier molecular flexibility index (Phi) is 6.89. The lowest BCUT2D eigenvalue weighted by molar-refractivity contribution is -0.141. The van der Waals surface area contributed by atoms with Crippen LogP contribution in [0.2, 0.25) is 0 Å². The second-order valence-corrected chi connectivity index (χ2v) is 3.28. The van der Waals surface area contributed by atoms with Gasteiger partial charge in [-0.1, -0.05) is 45.4 Å². The van der Waals surface area contributed by atoms with E-state index in [1.807, 2.05) is 4.72 Å². The Balaban J connectivity index is 3.76. The molecule has 4 nitrogen and oxygen atoms in total. The number of hydrogen-bond donors (Lipinski definition) is 3. The molecule has 0 radical (unpaired) electrons. The van der Waals surface area contributed by atoms with Gasteiger partial charge in [0.05, 0.1) is 0 Å². The topological polar surface area (TPSA) is 49.4 Å². The Morgan fingerprint density at radius 1 is 1.38 bits per heavy atom. The minimum atomic E-state index is -0.755. The number of rotatable bonds is 4. The Morgan fingerprint density at radius 2 is 2.00 bits per heavy atom. The molecule has 0 saturated heterocycles. The Labute approximate surface area is 89.1 Å². The average Bonchev–Trinajstić information content (AvgIpc) is 2.15. The van der Waals surface area contributed by atoms with Crippen molar-refractivity contribution >= 4 is 37.4 Å². The zero-order valence-corrected chi connectivity index (χ0v) is 9.28. The quantitative estimate of drug-likeness (QED) is 0.374. The summed E-state index contributed by atoms with van der Waals surface area (Å²) >= 11 is 7.36. The molecule has 0 atom stereocenters. The van der Waals surface area contributed by atoms with E-state index in [0.29, 0.717) is 6.54 Å². The van der Waals surface area contributed by atoms with E-state index < -0.39 is 11.8 Å². The van der Waals surface area contributed by atoms with Crippen molar-refractivity contribution in [3.63, 3.8) is 0 Å². The van der Waals surface area contributed by atoms with Crippen LogP contribution in [-0.2, 0) is 9.59 Å². The van der Waals surface area contributed by atoms with Crippen molar-refractivity contribution in [1.82, 2.24) is 9.03 Å². The van der Waals surface area contributed by atoms with Crippen LogP contribution in [0.1, 0.15) is 26.2 Å². The first-order valence-corrected chi connectivity index (χ1v) is 4.93. The average molecular weight is 222 g/mol. The molecule has 0 aromatic heterocycles. The van der Waals surface area contributed by atoms with Gasteiger partial charge in [0, 0.05) is 6.54 Å². The Morgan fingerprint density at radius 3 is 2.46 bits per heavy atom. The third-order valence-corrected chi connectivity index (χ3v) is 2.09. The molecule has 0 fully saturated rings. The predicted octanol–water partition coefficient (Wildman–Crippen LogP) is 0.811. The van der Waals surface area contributed by atoms with Crippen LogP contribution in [0.5, 0.6) is 0 Å². The van der Waals surface area contributed by atoms with E-state index in [1.165, 1.54) is 0 Å². The summed E-state index contributed by atoms with van der Waals surface area (Å²) < 4.78 is 3.05. The maximum Gasteiger partial charge on any atom is 0.322 e. The monoisotopic (exact) mass is 222 g/mol. The van der Waals surface area contributed by atoms with Gasteiger partial charge >= 0.3 is 11.8 Å². The third kappa shape index (κ3) is 5.05. The molecule has 6 heteroatoms. The van der Waals surface area contributed by atoms with Gasteiger partial charge in [0.25, 0.3) is 0 Å². The molecule has 0 aliphatic rings. The molecule has 0 aromatic carbocycles. The van der Waals surface area contributed by atoms with E-state index in [4.69, 9.17) is 0 Å². The minimum Gasteiger partial charge on any atom is -0.294 e. The van der Waals surface area contributed by atoms with E-state index in [9.17, 15) is 9.59 Å². The highest BCUT2D eigenvalue weighted by molar-refractivity contribution is 7.79. The van der Waals surface area contributed by atoms with Gasteiger partial charge < -0.3 is 0 Å². The van der Waals surface area contributed by atoms with Crippen LogP contribution in [0.4, 0.5) is 0 Å². The van der Waals surface area contributed by atoms with Crippen LogP contribution < -0.4 is 4.72 Å². The van der Waals surface area contributed by atoms with Crippen LogP contribution in [0.3, 0.4) is 0 Å². The summed E-state index contributed by atoms with van der Waals surface area (Å²) in [7, 11) is 0. The number of carbonyl (C=O) groups is 2. The first kappa shape index (κ1) is 12.6. The van der Waals surface area contributed by atoms with E-state index in [0.717, 1.165) is 23.6 Å². The van der Waals surface area contributed by atoms with Crippen LogP contribution in [0, 0.1) is 0 Å². The highest BCUT2D eigenvalue weighted by Gasteiger charge is 2.17. The zero-order chi connectivity index (χ0) is 10.3. The number of thiol groups is 2. The number of nitrogens with zero attached hydrogens (tertiary/aromatic N) is 1. The fourth-order valence-electron chi connectivity index (χ4n) is 0.778. The summed E-state index contributed by atoms with van der Waals surface area (Å²) in [5, 5.41) is 0. The van der Waals surface area contributed by atoms with E-state index in [-0.39, 0.29) is 0 Å². The van der Waals surface area contributed by atoms with Gasteiger partial charge in [0.15, 0.2) is 0 Å². The van der Waals surface area contributed by atoms with Crippen molar-refractivity contribution in [2.24, 2.45) is 0 Å².